The molecule has 1 aromatic heterocycles. The maximum atomic E-state index is 13.2. The van der Waals surface area contributed by atoms with Crippen molar-refractivity contribution in [2.45, 2.75) is 83.7 Å². The van der Waals surface area contributed by atoms with E-state index in [1.54, 1.807) is 18.1 Å². The lowest BCUT2D eigenvalue weighted by Crippen LogP contribution is -2.43. The molecule has 0 bridgehead atoms. The highest BCUT2D eigenvalue weighted by Gasteiger charge is 2.31. The van der Waals surface area contributed by atoms with Crippen molar-refractivity contribution in [1.29, 1.82) is 0 Å². The molecule has 2 fully saturated rings. The summed E-state index contributed by atoms with van der Waals surface area (Å²) < 4.78 is 1.83. The second-order valence-corrected chi connectivity index (χ2v) is 13.0. The van der Waals surface area contributed by atoms with Crippen molar-refractivity contribution in [3.8, 4) is 11.4 Å². The van der Waals surface area contributed by atoms with Crippen LogP contribution in [0.5, 0.6) is 0 Å². The van der Waals surface area contributed by atoms with Gasteiger partial charge in [0.2, 0.25) is 0 Å². The number of aliphatic imine (C=N–C) groups is 1. The number of aryl methyl sites for hydroxylation is 1. The van der Waals surface area contributed by atoms with E-state index in [0.29, 0.717) is 11.8 Å². The quantitative estimate of drug-likeness (QED) is 0.321. The molecule has 7 nitrogen and oxygen atoms in total. The Hall–Kier alpha value is -3.65. The molecule has 218 valence electrons. The molecule has 3 atom stereocenters. The first-order chi connectivity index (χ1) is 20.4. The summed E-state index contributed by atoms with van der Waals surface area (Å²) in [6.45, 7) is 8.88. The van der Waals surface area contributed by atoms with E-state index < -0.39 is 0 Å². The van der Waals surface area contributed by atoms with Crippen molar-refractivity contribution < 1.29 is 4.79 Å². The van der Waals surface area contributed by atoms with Crippen LogP contribution in [-0.4, -0.2) is 43.8 Å². The summed E-state index contributed by atoms with van der Waals surface area (Å²) in [5, 5.41) is 8.68. The van der Waals surface area contributed by atoms with Crippen LogP contribution in [0.3, 0.4) is 0 Å². The van der Waals surface area contributed by atoms with Gasteiger partial charge in [-0.15, -0.1) is 5.10 Å². The third kappa shape index (κ3) is 5.95. The van der Waals surface area contributed by atoms with Crippen LogP contribution in [0.15, 0.2) is 72.0 Å². The molecule has 8 heteroatoms. The number of amidine groups is 1. The van der Waals surface area contributed by atoms with Crippen LogP contribution in [0, 0.1) is 6.92 Å². The molecule has 1 N–H and O–H groups in total. The normalized spacial score (nSPS) is 23.2. The molecule has 42 heavy (non-hydrogen) atoms. The summed E-state index contributed by atoms with van der Waals surface area (Å²) in [5.74, 6) is 2.51. The highest BCUT2D eigenvalue weighted by atomic mass is 32.2. The number of hydrogen-bond acceptors (Lipinski definition) is 4. The lowest BCUT2D eigenvalue weighted by Gasteiger charge is -2.37. The average Bonchev–Trinajstić information content (AvgIpc) is 3.75. The molecule has 2 aromatic carbocycles. The highest BCUT2D eigenvalue weighted by Crippen LogP contribution is 2.37. The van der Waals surface area contributed by atoms with Crippen molar-refractivity contribution >= 4 is 34.3 Å². The summed E-state index contributed by atoms with van der Waals surface area (Å²) in [6.07, 6.45) is 13.0. The second kappa shape index (κ2) is 12.3. The summed E-state index contributed by atoms with van der Waals surface area (Å²) in [5.41, 5.74) is 7.16. The first-order valence-corrected chi connectivity index (χ1v) is 16.2. The van der Waals surface area contributed by atoms with Gasteiger partial charge in [0.05, 0.1) is 5.70 Å². The number of hydrogen-bond donors (Lipinski definition) is 1. The number of nitrogens with zero attached hydrogens (tertiary/aromatic N) is 5. The van der Waals surface area contributed by atoms with Gasteiger partial charge in [-0.3, -0.25) is 0 Å². The second-order valence-electron chi connectivity index (χ2n) is 12.0. The molecule has 0 spiro atoms. The van der Waals surface area contributed by atoms with Gasteiger partial charge in [-0.2, -0.15) is 4.99 Å². The lowest BCUT2D eigenvalue weighted by molar-refractivity contribution is 0.245. The van der Waals surface area contributed by atoms with E-state index in [4.69, 9.17) is 0 Å². The molecule has 0 radical (unpaired) electrons. The van der Waals surface area contributed by atoms with Crippen LogP contribution in [0.4, 0.5) is 10.5 Å². The number of carbonyl (C=O) groups excluding carboxylic acids is 1. The fourth-order valence-electron chi connectivity index (χ4n) is 6.51. The van der Waals surface area contributed by atoms with E-state index in [1.807, 2.05) is 4.68 Å². The number of thioether (sulfide) groups is 1. The van der Waals surface area contributed by atoms with Gasteiger partial charge in [0, 0.05) is 29.1 Å². The maximum absolute atomic E-state index is 13.2. The smallest absolute Gasteiger partial charge is 0.333 e. The summed E-state index contributed by atoms with van der Waals surface area (Å²) >= 11 is 1.68. The highest BCUT2D eigenvalue weighted by molar-refractivity contribution is 8.14. The Kier molecular flexibility index (Phi) is 8.34. The van der Waals surface area contributed by atoms with Crippen LogP contribution < -0.4 is 10.2 Å². The zero-order valence-electron chi connectivity index (χ0n) is 25.0. The number of benzene rings is 2. The Morgan fingerprint density at radius 2 is 1.95 bits per heavy atom. The third-order valence-corrected chi connectivity index (χ3v) is 9.64. The van der Waals surface area contributed by atoms with E-state index in [0.717, 1.165) is 60.1 Å². The molecule has 2 amide bonds. The van der Waals surface area contributed by atoms with E-state index in [-0.39, 0.29) is 18.1 Å². The predicted molar refractivity (Wildman–Crippen MR) is 174 cm³/mol. The number of nitrogens with one attached hydrogen (secondary N) is 1. The maximum Gasteiger partial charge on any atom is 0.343 e. The number of aromatic nitrogens is 3. The van der Waals surface area contributed by atoms with Gasteiger partial charge in [-0.25, -0.2) is 14.5 Å². The monoisotopic (exact) mass is 580 g/mol. The molecule has 1 saturated carbocycles. The van der Waals surface area contributed by atoms with Gasteiger partial charge in [0.15, 0.2) is 11.0 Å². The van der Waals surface area contributed by atoms with Gasteiger partial charge < -0.3 is 10.2 Å². The van der Waals surface area contributed by atoms with Crippen LogP contribution in [-0.2, 0) is 0 Å². The van der Waals surface area contributed by atoms with Gasteiger partial charge >= 0.3 is 6.03 Å². The van der Waals surface area contributed by atoms with Crippen LogP contribution in [0.2, 0.25) is 0 Å². The van der Waals surface area contributed by atoms with E-state index in [2.05, 4.69) is 114 Å². The molecule has 3 aromatic rings. The molecule has 1 aliphatic heterocycles. The predicted octanol–water partition coefficient (Wildman–Crippen LogP) is 7.91. The average molecular weight is 581 g/mol. The van der Waals surface area contributed by atoms with Crippen molar-refractivity contribution in [3.05, 3.63) is 83.7 Å². The third-order valence-electron chi connectivity index (χ3n) is 8.66. The van der Waals surface area contributed by atoms with Crippen LogP contribution in [0.1, 0.15) is 81.4 Å². The summed E-state index contributed by atoms with van der Waals surface area (Å²) in [7, 11) is 0. The van der Waals surface area contributed by atoms with Gasteiger partial charge in [0.25, 0.3) is 0 Å². The number of anilines is 1. The standard InChI is InChI=1S/C34H40N6OS/c1-22(2)31-23(3)8-7-11-30(31)40-24(4)18-19-42-34(40)37-33(41)36-28-17-16-27(20-28)25-12-14-26(15-13-25)32-35-21-39(38-32)29-9-5-6-10-29/h5,7-15,21-22,24,27-28H,6,16-20H2,1-4H3,(H,36,41). The zero-order valence-corrected chi connectivity index (χ0v) is 25.8. The molecule has 2 aliphatic carbocycles. The molecule has 3 aliphatic rings. The Balaban J connectivity index is 1.11. The van der Waals surface area contributed by atoms with E-state index in [1.165, 1.54) is 22.4 Å². The van der Waals surface area contributed by atoms with Gasteiger partial charge in [-0.05, 0) is 86.6 Å². The first-order valence-electron chi connectivity index (χ1n) is 15.2. The topological polar surface area (TPSA) is 75.4 Å². The van der Waals surface area contributed by atoms with Crippen molar-refractivity contribution in [3.63, 3.8) is 0 Å². The fourth-order valence-corrected chi connectivity index (χ4v) is 7.72. The van der Waals surface area contributed by atoms with E-state index >= 15 is 0 Å². The summed E-state index contributed by atoms with van der Waals surface area (Å²) in [4.78, 5) is 24.7. The molecule has 1 saturated heterocycles. The Morgan fingerprint density at radius 3 is 2.71 bits per heavy atom. The number of carbonyl (C=O) groups is 1. The minimum Gasteiger partial charge on any atom is -0.333 e. The molecule has 2 heterocycles. The van der Waals surface area contributed by atoms with Crippen molar-refractivity contribution in [1.82, 2.24) is 20.1 Å². The number of urea groups is 1. The lowest BCUT2D eigenvalue weighted by atomic mass is 9.95. The number of allylic oxidation sites excluding steroid dienone is 4. The van der Waals surface area contributed by atoms with Gasteiger partial charge in [-0.1, -0.05) is 74.2 Å². The summed E-state index contributed by atoms with van der Waals surface area (Å²) in [6, 6.07) is 15.2. The van der Waals surface area contributed by atoms with E-state index in [9.17, 15) is 4.79 Å². The minimum atomic E-state index is -0.231. The number of amides is 2. The largest absolute Gasteiger partial charge is 0.343 e. The molecular weight excluding hydrogens is 540 g/mol. The molecule has 6 rings (SSSR count). The molecule has 3 unspecified atom stereocenters. The van der Waals surface area contributed by atoms with Crippen molar-refractivity contribution in [2.75, 3.05) is 10.7 Å². The zero-order chi connectivity index (χ0) is 29.2. The Morgan fingerprint density at radius 1 is 1.12 bits per heavy atom. The van der Waals surface area contributed by atoms with Crippen LogP contribution >= 0.6 is 11.8 Å². The molecular formula is C34H40N6OS. The number of rotatable bonds is 6. The minimum absolute atomic E-state index is 0.126. The fraction of sp³-hybridized carbons (Fsp3) is 0.412. The van der Waals surface area contributed by atoms with Crippen LogP contribution in [0.25, 0.3) is 17.1 Å². The Labute approximate surface area is 253 Å². The Bertz CT molecular complexity index is 1540. The van der Waals surface area contributed by atoms with Crippen molar-refractivity contribution in [2.24, 2.45) is 4.99 Å². The SMILES string of the molecule is Cc1cccc(N2C(=NC(=O)NC3CCC(c4ccc(-c5ncn(C6=CCC=C6)n5)cc4)C3)SCCC2C)c1C(C)C. The van der Waals surface area contributed by atoms with Gasteiger partial charge in [0.1, 0.15) is 6.33 Å². The first kappa shape index (κ1) is 28.5.